The Morgan fingerprint density at radius 1 is 1.55 bits per heavy atom. The van der Waals surface area contributed by atoms with Crippen LogP contribution in [0.1, 0.15) is 17.4 Å². The SMILES string of the molecule is Cc1ccc(Br)cc1C(N)O. The van der Waals surface area contributed by atoms with Crippen LogP contribution in [-0.2, 0) is 0 Å². The maximum Gasteiger partial charge on any atom is 0.128 e. The van der Waals surface area contributed by atoms with E-state index < -0.39 is 6.23 Å². The minimum absolute atomic E-state index is 0.763. The average molecular weight is 216 g/mol. The number of aliphatic hydroxyl groups excluding tert-OH is 1. The van der Waals surface area contributed by atoms with Crippen molar-refractivity contribution >= 4 is 15.9 Å². The molecule has 1 aromatic rings. The van der Waals surface area contributed by atoms with E-state index in [1.807, 2.05) is 25.1 Å². The molecule has 11 heavy (non-hydrogen) atoms. The number of aliphatic hydroxyl groups is 1. The number of aryl methyl sites for hydroxylation is 1. The Balaban J connectivity index is 3.13. The van der Waals surface area contributed by atoms with Crippen LogP contribution < -0.4 is 5.73 Å². The molecule has 0 bridgehead atoms. The molecule has 0 fully saturated rings. The lowest BCUT2D eigenvalue weighted by atomic mass is 10.1. The van der Waals surface area contributed by atoms with Crippen LogP contribution in [0.3, 0.4) is 0 Å². The zero-order valence-electron chi connectivity index (χ0n) is 6.21. The summed E-state index contributed by atoms with van der Waals surface area (Å²) in [6.07, 6.45) is -0.882. The molecule has 0 aliphatic carbocycles. The summed E-state index contributed by atoms with van der Waals surface area (Å²) >= 11 is 3.30. The lowest BCUT2D eigenvalue weighted by molar-refractivity contribution is 0.185. The van der Waals surface area contributed by atoms with Crippen molar-refractivity contribution in [2.75, 3.05) is 0 Å². The molecule has 0 saturated carbocycles. The van der Waals surface area contributed by atoms with E-state index >= 15 is 0 Å². The molecule has 1 atom stereocenters. The van der Waals surface area contributed by atoms with Gasteiger partial charge in [-0.05, 0) is 30.2 Å². The molecule has 0 aromatic heterocycles. The maximum absolute atomic E-state index is 9.09. The van der Waals surface area contributed by atoms with Gasteiger partial charge in [-0.15, -0.1) is 0 Å². The fraction of sp³-hybridized carbons (Fsp3) is 0.250. The third kappa shape index (κ3) is 2.02. The number of nitrogens with two attached hydrogens (primary N) is 1. The Morgan fingerprint density at radius 2 is 2.18 bits per heavy atom. The first kappa shape index (κ1) is 8.71. The highest BCUT2D eigenvalue weighted by molar-refractivity contribution is 9.10. The quantitative estimate of drug-likeness (QED) is 0.702. The predicted molar refractivity (Wildman–Crippen MR) is 48.0 cm³/mol. The Labute approximate surface area is 74.2 Å². The molecule has 0 saturated heterocycles. The summed E-state index contributed by atoms with van der Waals surface area (Å²) < 4.78 is 0.933. The van der Waals surface area contributed by atoms with Crippen molar-refractivity contribution in [2.45, 2.75) is 13.2 Å². The first-order valence-corrected chi connectivity index (χ1v) is 4.10. The monoisotopic (exact) mass is 215 g/mol. The largest absolute Gasteiger partial charge is 0.375 e. The van der Waals surface area contributed by atoms with Crippen LogP contribution in [0.5, 0.6) is 0 Å². The lowest BCUT2D eigenvalue weighted by Gasteiger charge is -2.08. The summed E-state index contributed by atoms with van der Waals surface area (Å²) in [5.74, 6) is 0. The van der Waals surface area contributed by atoms with E-state index in [9.17, 15) is 0 Å². The second-order valence-electron chi connectivity index (χ2n) is 2.45. The van der Waals surface area contributed by atoms with Crippen molar-refractivity contribution in [1.82, 2.24) is 0 Å². The molecule has 0 radical (unpaired) electrons. The molecule has 1 rings (SSSR count). The number of halogens is 1. The van der Waals surface area contributed by atoms with E-state index in [1.165, 1.54) is 0 Å². The zero-order chi connectivity index (χ0) is 8.43. The smallest absolute Gasteiger partial charge is 0.128 e. The van der Waals surface area contributed by atoms with E-state index in [0.29, 0.717) is 0 Å². The van der Waals surface area contributed by atoms with E-state index in [1.54, 1.807) is 0 Å². The Hall–Kier alpha value is -0.380. The van der Waals surface area contributed by atoms with Crippen LogP contribution in [0.15, 0.2) is 22.7 Å². The van der Waals surface area contributed by atoms with Crippen molar-refractivity contribution in [3.63, 3.8) is 0 Å². The second-order valence-corrected chi connectivity index (χ2v) is 3.36. The van der Waals surface area contributed by atoms with Gasteiger partial charge >= 0.3 is 0 Å². The van der Waals surface area contributed by atoms with Crippen LogP contribution in [0.2, 0.25) is 0 Å². The first-order valence-electron chi connectivity index (χ1n) is 3.31. The maximum atomic E-state index is 9.09. The van der Waals surface area contributed by atoms with Gasteiger partial charge in [-0.2, -0.15) is 0 Å². The molecule has 1 aromatic carbocycles. The highest BCUT2D eigenvalue weighted by Crippen LogP contribution is 2.19. The molecule has 60 valence electrons. The Kier molecular flexibility index (Phi) is 2.65. The molecular weight excluding hydrogens is 206 g/mol. The highest BCUT2D eigenvalue weighted by atomic mass is 79.9. The first-order chi connectivity index (χ1) is 5.11. The number of rotatable bonds is 1. The van der Waals surface area contributed by atoms with Crippen LogP contribution >= 0.6 is 15.9 Å². The Morgan fingerprint density at radius 3 is 2.64 bits per heavy atom. The molecule has 3 heteroatoms. The third-order valence-corrected chi connectivity index (χ3v) is 2.05. The molecule has 2 nitrogen and oxygen atoms in total. The topological polar surface area (TPSA) is 46.2 Å². The van der Waals surface area contributed by atoms with Crippen molar-refractivity contribution < 1.29 is 5.11 Å². The van der Waals surface area contributed by atoms with Gasteiger partial charge in [-0.25, -0.2) is 0 Å². The number of benzene rings is 1. The molecule has 0 heterocycles. The van der Waals surface area contributed by atoms with Gasteiger partial charge in [-0.3, -0.25) is 0 Å². The van der Waals surface area contributed by atoms with Gasteiger partial charge in [0, 0.05) is 4.47 Å². The van der Waals surface area contributed by atoms with Gasteiger partial charge in [0.05, 0.1) is 0 Å². The average Bonchev–Trinajstić information content (AvgIpc) is 1.94. The van der Waals surface area contributed by atoms with E-state index in [4.69, 9.17) is 10.8 Å². The highest BCUT2D eigenvalue weighted by Gasteiger charge is 2.04. The van der Waals surface area contributed by atoms with E-state index in [-0.39, 0.29) is 0 Å². The number of hydrogen-bond acceptors (Lipinski definition) is 2. The van der Waals surface area contributed by atoms with Gasteiger partial charge in [0.25, 0.3) is 0 Å². The van der Waals surface area contributed by atoms with E-state index in [0.717, 1.165) is 15.6 Å². The summed E-state index contributed by atoms with van der Waals surface area (Å²) in [4.78, 5) is 0. The zero-order valence-corrected chi connectivity index (χ0v) is 7.80. The molecule has 0 aliphatic heterocycles. The number of hydrogen-bond donors (Lipinski definition) is 2. The summed E-state index contributed by atoms with van der Waals surface area (Å²) in [5.41, 5.74) is 7.08. The summed E-state index contributed by atoms with van der Waals surface area (Å²) in [6, 6.07) is 5.65. The Bertz CT molecular complexity index is 260. The van der Waals surface area contributed by atoms with E-state index in [2.05, 4.69) is 15.9 Å². The van der Waals surface area contributed by atoms with Gasteiger partial charge < -0.3 is 10.8 Å². The lowest BCUT2D eigenvalue weighted by Crippen LogP contribution is -2.09. The molecule has 0 aliphatic rings. The van der Waals surface area contributed by atoms with Crippen LogP contribution in [0.4, 0.5) is 0 Å². The third-order valence-electron chi connectivity index (χ3n) is 1.56. The minimum Gasteiger partial charge on any atom is -0.375 e. The molecule has 3 N–H and O–H groups in total. The van der Waals surface area contributed by atoms with Gasteiger partial charge in [0.15, 0.2) is 0 Å². The molecule has 1 unspecified atom stereocenters. The van der Waals surface area contributed by atoms with Gasteiger partial charge in [0.1, 0.15) is 6.23 Å². The van der Waals surface area contributed by atoms with Crippen molar-refractivity contribution in [1.29, 1.82) is 0 Å². The van der Waals surface area contributed by atoms with Gasteiger partial charge in [0.2, 0.25) is 0 Å². The standard InChI is InChI=1S/C8H10BrNO/c1-5-2-3-6(9)4-7(5)8(10)11/h2-4,8,11H,10H2,1H3. The predicted octanol–water partition coefficient (Wildman–Crippen LogP) is 1.71. The molecular formula is C8H10BrNO. The summed E-state index contributed by atoms with van der Waals surface area (Å²) in [7, 11) is 0. The summed E-state index contributed by atoms with van der Waals surface area (Å²) in [5, 5.41) is 9.09. The fourth-order valence-electron chi connectivity index (χ4n) is 0.930. The minimum atomic E-state index is -0.882. The normalized spacial score (nSPS) is 13.1. The van der Waals surface area contributed by atoms with Gasteiger partial charge in [-0.1, -0.05) is 22.0 Å². The van der Waals surface area contributed by atoms with Crippen LogP contribution in [0, 0.1) is 6.92 Å². The van der Waals surface area contributed by atoms with Crippen molar-refractivity contribution in [3.8, 4) is 0 Å². The second kappa shape index (κ2) is 3.34. The van der Waals surface area contributed by atoms with Crippen molar-refractivity contribution in [2.24, 2.45) is 5.73 Å². The molecule has 0 spiro atoms. The van der Waals surface area contributed by atoms with Crippen LogP contribution in [0.25, 0.3) is 0 Å². The summed E-state index contributed by atoms with van der Waals surface area (Å²) in [6.45, 7) is 1.91. The van der Waals surface area contributed by atoms with Crippen LogP contribution in [-0.4, -0.2) is 5.11 Å². The molecule has 0 amide bonds. The fourth-order valence-corrected chi connectivity index (χ4v) is 1.31. The van der Waals surface area contributed by atoms with Crippen molar-refractivity contribution in [3.05, 3.63) is 33.8 Å².